The molecule has 1 unspecified atom stereocenters. The summed E-state index contributed by atoms with van der Waals surface area (Å²) in [6, 6.07) is 2.21. The van der Waals surface area contributed by atoms with E-state index in [0.29, 0.717) is 12.5 Å². The van der Waals surface area contributed by atoms with Gasteiger partial charge in [0.2, 0.25) is 0 Å². The number of thiophene rings is 1. The van der Waals surface area contributed by atoms with Gasteiger partial charge >= 0.3 is 0 Å². The Morgan fingerprint density at radius 3 is 3.00 bits per heavy atom. The standard InChI is InChI=1S/C9H12BrNOS/c10-7-3-4-13-9(7)12-5-8(11)6-1-2-6/h3-4,6,8H,1-2,5,11H2. The van der Waals surface area contributed by atoms with Gasteiger partial charge in [0.1, 0.15) is 6.61 Å². The number of rotatable bonds is 4. The Hall–Kier alpha value is -0.0600. The fourth-order valence-electron chi connectivity index (χ4n) is 1.22. The second kappa shape index (κ2) is 3.98. The van der Waals surface area contributed by atoms with E-state index in [-0.39, 0.29) is 6.04 Å². The predicted octanol–water partition coefficient (Wildman–Crippen LogP) is 2.63. The summed E-state index contributed by atoms with van der Waals surface area (Å²) >= 11 is 5.01. The second-order valence-electron chi connectivity index (χ2n) is 3.37. The molecule has 1 aliphatic carbocycles. The molecule has 2 nitrogen and oxygen atoms in total. The molecule has 0 amide bonds. The highest BCUT2D eigenvalue weighted by Crippen LogP contribution is 2.34. The molecule has 0 spiro atoms. The molecule has 2 rings (SSSR count). The van der Waals surface area contributed by atoms with Crippen molar-refractivity contribution in [2.24, 2.45) is 11.7 Å². The molecule has 0 aliphatic heterocycles. The third kappa shape index (κ3) is 2.45. The minimum absolute atomic E-state index is 0.217. The number of nitrogens with two attached hydrogens (primary N) is 1. The van der Waals surface area contributed by atoms with Gasteiger partial charge < -0.3 is 10.5 Å². The maximum absolute atomic E-state index is 5.91. The molecule has 0 radical (unpaired) electrons. The molecule has 2 N–H and O–H groups in total. The molecule has 1 fully saturated rings. The van der Waals surface area contributed by atoms with E-state index in [1.807, 2.05) is 11.4 Å². The first-order chi connectivity index (χ1) is 6.27. The molecule has 1 aromatic heterocycles. The number of hydrogen-bond donors (Lipinski definition) is 1. The SMILES string of the molecule is NC(COc1sccc1Br)C1CC1. The smallest absolute Gasteiger partial charge is 0.188 e. The van der Waals surface area contributed by atoms with Crippen LogP contribution in [0, 0.1) is 5.92 Å². The summed E-state index contributed by atoms with van der Waals surface area (Å²) in [4.78, 5) is 0. The highest BCUT2D eigenvalue weighted by atomic mass is 79.9. The summed E-state index contributed by atoms with van der Waals surface area (Å²) < 4.78 is 6.61. The van der Waals surface area contributed by atoms with E-state index in [9.17, 15) is 0 Å². The summed E-state index contributed by atoms with van der Waals surface area (Å²) in [5.74, 6) is 0.707. The minimum atomic E-state index is 0.217. The van der Waals surface area contributed by atoms with Crippen LogP contribution in [0.25, 0.3) is 0 Å². The lowest BCUT2D eigenvalue weighted by Gasteiger charge is -2.10. The van der Waals surface area contributed by atoms with Gasteiger partial charge in [-0.2, -0.15) is 0 Å². The van der Waals surface area contributed by atoms with Crippen LogP contribution < -0.4 is 10.5 Å². The first kappa shape index (κ1) is 9.49. The molecule has 0 saturated heterocycles. The first-order valence-electron chi connectivity index (χ1n) is 4.39. The van der Waals surface area contributed by atoms with Crippen LogP contribution in [0.15, 0.2) is 15.9 Å². The van der Waals surface area contributed by atoms with Crippen LogP contribution >= 0.6 is 27.3 Å². The van der Waals surface area contributed by atoms with Crippen molar-refractivity contribution in [3.05, 3.63) is 15.9 Å². The van der Waals surface area contributed by atoms with Crippen LogP contribution in [0.4, 0.5) is 0 Å². The molecule has 4 heteroatoms. The number of ether oxygens (including phenoxy) is 1. The molecule has 1 heterocycles. The summed E-state index contributed by atoms with van der Waals surface area (Å²) in [7, 11) is 0. The van der Waals surface area contributed by atoms with Crippen molar-refractivity contribution >= 4 is 27.3 Å². The molecular weight excluding hydrogens is 250 g/mol. The Bertz CT molecular complexity index is 285. The predicted molar refractivity (Wildman–Crippen MR) is 58.2 cm³/mol. The van der Waals surface area contributed by atoms with Crippen molar-refractivity contribution in [2.45, 2.75) is 18.9 Å². The lowest BCUT2D eigenvalue weighted by molar-refractivity contribution is 0.282. The van der Waals surface area contributed by atoms with Gasteiger partial charge in [0, 0.05) is 6.04 Å². The molecule has 1 saturated carbocycles. The number of hydrogen-bond acceptors (Lipinski definition) is 3. The zero-order valence-corrected chi connectivity index (χ0v) is 9.61. The monoisotopic (exact) mass is 261 g/mol. The van der Waals surface area contributed by atoms with Crippen LogP contribution in [0.2, 0.25) is 0 Å². The summed E-state index contributed by atoms with van der Waals surface area (Å²) in [6.07, 6.45) is 2.55. The molecule has 13 heavy (non-hydrogen) atoms. The van der Waals surface area contributed by atoms with E-state index in [1.54, 1.807) is 11.3 Å². The molecular formula is C9H12BrNOS. The lowest BCUT2D eigenvalue weighted by Crippen LogP contribution is -2.29. The molecule has 1 atom stereocenters. The normalized spacial score (nSPS) is 18.6. The van der Waals surface area contributed by atoms with Crippen molar-refractivity contribution in [1.82, 2.24) is 0 Å². The third-order valence-corrected chi connectivity index (χ3v) is 3.93. The third-order valence-electron chi connectivity index (χ3n) is 2.22. The zero-order chi connectivity index (χ0) is 9.26. The van der Waals surface area contributed by atoms with E-state index in [0.717, 1.165) is 9.54 Å². The van der Waals surface area contributed by atoms with Gasteiger partial charge in [0.05, 0.1) is 4.47 Å². The van der Waals surface area contributed by atoms with E-state index in [2.05, 4.69) is 15.9 Å². The fourth-order valence-corrected chi connectivity index (χ4v) is 2.56. The van der Waals surface area contributed by atoms with E-state index < -0.39 is 0 Å². The van der Waals surface area contributed by atoms with Gasteiger partial charge in [-0.25, -0.2) is 0 Å². The molecule has 0 aromatic carbocycles. The molecule has 1 aromatic rings. The Balaban J connectivity index is 1.81. The van der Waals surface area contributed by atoms with Crippen LogP contribution in [-0.4, -0.2) is 12.6 Å². The first-order valence-corrected chi connectivity index (χ1v) is 6.06. The van der Waals surface area contributed by atoms with Crippen LogP contribution in [0.3, 0.4) is 0 Å². The van der Waals surface area contributed by atoms with Crippen LogP contribution in [-0.2, 0) is 0 Å². The van der Waals surface area contributed by atoms with Crippen molar-refractivity contribution in [3.63, 3.8) is 0 Å². The maximum Gasteiger partial charge on any atom is 0.188 e. The van der Waals surface area contributed by atoms with Crippen LogP contribution in [0.5, 0.6) is 5.06 Å². The van der Waals surface area contributed by atoms with Crippen molar-refractivity contribution < 1.29 is 4.74 Å². The average Bonchev–Trinajstić information content (AvgIpc) is 2.88. The average molecular weight is 262 g/mol. The van der Waals surface area contributed by atoms with Crippen molar-refractivity contribution in [3.8, 4) is 5.06 Å². The fraction of sp³-hybridized carbons (Fsp3) is 0.556. The van der Waals surface area contributed by atoms with Gasteiger partial charge in [-0.15, -0.1) is 11.3 Å². The highest BCUT2D eigenvalue weighted by Gasteiger charge is 2.28. The Kier molecular flexibility index (Phi) is 2.91. The number of halogens is 1. The summed E-state index contributed by atoms with van der Waals surface area (Å²) in [5.41, 5.74) is 5.91. The van der Waals surface area contributed by atoms with E-state index in [1.165, 1.54) is 12.8 Å². The van der Waals surface area contributed by atoms with Crippen molar-refractivity contribution in [1.29, 1.82) is 0 Å². The van der Waals surface area contributed by atoms with Gasteiger partial charge in [-0.3, -0.25) is 0 Å². The Morgan fingerprint density at radius 1 is 1.69 bits per heavy atom. The van der Waals surface area contributed by atoms with Gasteiger partial charge in [0.15, 0.2) is 5.06 Å². The quantitative estimate of drug-likeness (QED) is 0.905. The summed E-state index contributed by atoms with van der Waals surface area (Å²) in [6.45, 7) is 0.643. The minimum Gasteiger partial charge on any atom is -0.481 e. The Morgan fingerprint density at radius 2 is 2.46 bits per heavy atom. The van der Waals surface area contributed by atoms with Gasteiger partial charge in [0.25, 0.3) is 0 Å². The zero-order valence-electron chi connectivity index (χ0n) is 7.20. The van der Waals surface area contributed by atoms with Crippen LogP contribution in [0.1, 0.15) is 12.8 Å². The van der Waals surface area contributed by atoms with Gasteiger partial charge in [-0.05, 0) is 46.1 Å². The molecule has 1 aliphatic rings. The summed E-state index contributed by atoms with van der Waals surface area (Å²) in [5, 5.41) is 2.94. The van der Waals surface area contributed by atoms with E-state index >= 15 is 0 Å². The largest absolute Gasteiger partial charge is 0.481 e. The van der Waals surface area contributed by atoms with Gasteiger partial charge in [-0.1, -0.05) is 0 Å². The lowest BCUT2D eigenvalue weighted by atomic mass is 10.2. The topological polar surface area (TPSA) is 35.2 Å². The second-order valence-corrected chi connectivity index (χ2v) is 5.10. The molecule has 0 bridgehead atoms. The maximum atomic E-state index is 5.91. The van der Waals surface area contributed by atoms with Crippen molar-refractivity contribution in [2.75, 3.05) is 6.61 Å². The Labute approximate surface area is 90.2 Å². The van der Waals surface area contributed by atoms with E-state index in [4.69, 9.17) is 10.5 Å². The molecule has 72 valence electrons. The highest BCUT2D eigenvalue weighted by molar-refractivity contribution is 9.10.